The molecule has 0 spiro atoms. The molecule has 1 aliphatic heterocycles. The summed E-state index contributed by atoms with van der Waals surface area (Å²) >= 11 is 5.67. The van der Waals surface area contributed by atoms with Gasteiger partial charge >= 0.3 is 0 Å². The smallest absolute Gasteiger partial charge is 0.0423 e. The van der Waals surface area contributed by atoms with Crippen LogP contribution >= 0.6 is 27.7 Å². The van der Waals surface area contributed by atoms with Gasteiger partial charge in [-0.05, 0) is 29.9 Å². The van der Waals surface area contributed by atoms with Crippen LogP contribution in [0.5, 0.6) is 0 Å². The normalized spacial score (nSPS) is 19.1. The largest absolute Gasteiger partial charge is 0.370 e. The third-order valence-corrected chi connectivity index (χ3v) is 5.22. The Kier molecular flexibility index (Phi) is 5.60. The third kappa shape index (κ3) is 4.14. The number of nitrogens with zero attached hydrogens (tertiary/aromatic N) is 1. The monoisotopic (exact) mass is 342 g/mol. The molecule has 2 nitrogen and oxygen atoms in total. The predicted octanol–water partition coefficient (Wildman–Crippen LogP) is 3.89. The van der Waals surface area contributed by atoms with Crippen LogP contribution in [0.2, 0.25) is 0 Å². The highest BCUT2D eigenvalue weighted by molar-refractivity contribution is 9.10. The van der Waals surface area contributed by atoms with E-state index in [1.54, 1.807) is 0 Å². The van der Waals surface area contributed by atoms with Gasteiger partial charge in [0.1, 0.15) is 0 Å². The summed E-state index contributed by atoms with van der Waals surface area (Å²) in [6.07, 6.45) is 1.30. The van der Waals surface area contributed by atoms with Crippen LogP contribution in [0.4, 0.5) is 5.69 Å². The lowest BCUT2D eigenvalue weighted by Gasteiger charge is -2.29. The molecule has 1 saturated heterocycles. The number of rotatable bonds is 5. The number of thioether (sulfide) groups is 1. The second kappa shape index (κ2) is 7.00. The van der Waals surface area contributed by atoms with Crippen LogP contribution in [0.15, 0.2) is 22.7 Å². The summed E-state index contributed by atoms with van der Waals surface area (Å²) in [6, 6.07) is 7.81. The fraction of sp³-hybridized carbons (Fsp3) is 0.600. The summed E-state index contributed by atoms with van der Waals surface area (Å²) in [6.45, 7) is 5.32. The average molecular weight is 343 g/mol. The van der Waals surface area contributed by atoms with Crippen LogP contribution in [0, 0.1) is 0 Å². The van der Waals surface area contributed by atoms with Gasteiger partial charge in [-0.2, -0.15) is 11.8 Å². The van der Waals surface area contributed by atoms with E-state index in [0.717, 1.165) is 11.0 Å². The first-order valence-electron chi connectivity index (χ1n) is 6.90. The van der Waals surface area contributed by atoms with Gasteiger partial charge < -0.3 is 10.2 Å². The summed E-state index contributed by atoms with van der Waals surface area (Å²) in [5.41, 5.74) is 2.74. The SMILES string of the molecule is CC(C)NCc1ccc(Br)cc1N(C)C1CCSC1. The molecule has 1 fully saturated rings. The Morgan fingerprint density at radius 1 is 1.47 bits per heavy atom. The standard InChI is InChI=1S/C15H23BrN2S/c1-11(2)17-9-12-4-5-13(16)8-15(12)18(3)14-6-7-19-10-14/h4-5,8,11,14,17H,6-7,9-10H2,1-3H3. The molecule has 0 saturated carbocycles. The van der Waals surface area contributed by atoms with Crippen LogP contribution < -0.4 is 10.2 Å². The first-order chi connectivity index (χ1) is 9.08. The average Bonchev–Trinajstić information content (AvgIpc) is 2.90. The molecule has 4 heteroatoms. The van der Waals surface area contributed by atoms with Crippen molar-refractivity contribution in [3.05, 3.63) is 28.2 Å². The van der Waals surface area contributed by atoms with Crippen molar-refractivity contribution in [1.82, 2.24) is 5.32 Å². The van der Waals surface area contributed by atoms with E-state index in [-0.39, 0.29) is 0 Å². The van der Waals surface area contributed by atoms with Crippen LogP contribution in [0.1, 0.15) is 25.8 Å². The van der Waals surface area contributed by atoms with E-state index < -0.39 is 0 Å². The van der Waals surface area contributed by atoms with E-state index in [9.17, 15) is 0 Å². The first kappa shape index (κ1) is 15.2. The van der Waals surface area contributed by atoms with Gasteiger partial charge in [-0.1, -0.05) is 35.8 Å². The zero-order chi connectivity index (χ0) is 13.8. The maximum atomic E-state index is 3.60. The van der Waals surface area contributed by atoms with Gasteiger partial charge in [0.25, 0.3) is 0 Å². The van der Waals surface area contributed by atoms with Crippen molar-refractivity contribution in [2.24, 2.45) is 0 Å². The molecule has 1 aromatic rings. The van der Waals surface area contributed by atoms with Gasteiger partial charge in [-0.3, -0.25) is 0 Å². The number of hydrogen-bond donors (Lipinski definition) is 1. The minimum Gasteiger partial charge on any atom is -0.370 e. The van der Waals surface area contributed by atoms with Crippen molar-refractivity contribution >= 4 is 33.4 Å². The lowest BCUT2D eigenvalue weighted by atomic mass is 10.1. The van der Waals surface area contributed by atoms with Crippen molar-refractivity contribution in [3.8, 4) is 0 Å². The Labute approximate surface area is 129 Å². The Hall–Kier alpha value is -0.190. The molecule has 0 bridgehead atoms. The molecule has 106 valence electrons. The van der Waals surface area contributed by atoms with Crippen LogP contribution in [0.3, 0.4) is 0 Å². The summed E-state index contributed by atoms with van der Waals surface area (Å²) in [7, 11) is 2.23. The molecule has 0 aromatic heterocycles. The van der Waals surface area contributed by atoms with E-state index in [1.807, 2.05) is 0 Å². The molecule has 1 aliphatic rings. The lowest BCUT2D eigenvalue weighted by molar-refractivity contribution is 0.586. The van der Waals surface area contributed by atoms with E-state index in [1.165, 1.54) is 29.2 Å². The third-order valence-electron chi connectivity index (χ3n) is 3.58. The molecule has 0 aliphatic carbocycles. The molecule has 1 heterocycles. The summed E-state index contributed by atoms with van der Waals surface area (Å²) in [5, 5.41) is 3.52. The molecule has 1 unspecified atom stereocenters. The summed E-state index contributed by atoms with van der Waals surface area (Å²) < 4.78 is 1.16. The lowest BCUT2D eigenvalue weighted by Crippen LogP contribution is -2.33. The topological polar surface area (TPSA) is 15.3 Å². The van der Waals surface area contributed by atoms with Gasteiger partial charge in [-0.25, -0.2) is 0 Å². The van der Waals surface area contributed by atoms with Crippen molar-refractivity contribution in [2.75, 3.05) is 23.5 Å². The molecule has 2 rings (SSSR count). The minimum atomic E-state index is 0.517. The number of anilines is 1. The zero-order valence-electron chi connectivity index (χ0n) is 11.9. The van der Waals surface area contributed by atoms with Gasteiger partial charge in [0.05, 0.1) is 0 Å². The summed E-state index contributed by atoms with van der Waals surface area (Å²) in [4.78, 5) is 2.46. The Balaban J connectivity index is 2.18. The predicted molar refractivity (Wildman–Crippen MR) is 90.3 cm³/mol. The molecule has 0 amide bonds. The molecule has 1 aromatic carbocycles. The van der Waals surface area contributed by atoms with Gasteiger partial charge in [-0.15, -0.1) is 0 Å². The molecular formula is C15H23BrN2S. The number of nitrogens with one attached hydrogen (secondary N) is 1. The molecule has 0 radical (unpaired) electrons. The van der Waals surface area contributed by atoms with E-state index >= 15 is 0 Å². The van der Waals surface area contributed by atoms with Crippen molar-refractivity contribution < 1.29 is 0 Å². The van der Waals surface area contributed by atoms with Gasteiger partial charge in [0, 0.05) is 41.6 Å². The zero-order valence-corrected chi connectivity index (χ0v) is 14.4. The first-order valence-corrected chi connectivity index (χ1v) is 8.85. The molecule has 1 N–H and O–H groups in total. The minimum absolute atomic E-state index is 0.517. The number of halogens is 1. The van der Waals surface area contributed by atoms with Crippen LogP contribution in [-0.2, 0) is 6.54 Å². The van der Waals surface area contributed by atoms with Crippen molar-refractivity contribution in [3.63, 3.8) is 0 Å². The fourth-order valence-electron chi connectivity index (χ4n) is 2.35. The summed E-state index contributed by atoms with van der Waals surface area (Å²) in [5.74, 6) is 2.54. The second-order valence-corrected chi connectivity index (χ2v) is 7.50. The Morgan fingerprint density at radius 2 is 2.26 bits per heavy atom. The van der Waals surface area contributed by atoms with E-state index in [4.69, 9.17) is 0 Å². The van der Waals surface area contributed by atoms with Crippen LogP contribution in [0.25, 0.3) is 0 Å². The number of benzene rings is 1. The van der Waals surface area contributed by atoms with E-state index in [2.05, 4.69) is 77.0 Å². The number of hydrogen-bond acceptors (Lipinski definition) is 3. The Morgan fingerprint density at radius 3 is 2.89 bits per heavy atom. The fourth-order valence-corrected chi connectivity index (χ4v) is 3.97. The van der Waals surface area contributed by atoms with Crippen molar-refractivity contribution in [1.29, 1.82) is 0 Å². The van der Waals surface area contributed by atoms with Gasteiger partial charge in [0.15, 0.2) is 0 Å². The van der Waals surface area contributed by atoms with Crippen LogP contribution in [-0.4, -0.2) is 30.6 Å². The second-order valence-electron chi connectivity index (χ2n) is 5.44. The molecule has 19 heavy (non-hydrogen) atoms. The molecular weight excluding hydrogens is 320 g/mol. The quantitative estimate of drug-likeness (QED) is 0.873. The highest BCUT2D eigenvalue weighted by Crippen LogP contribution is 2.30. The maximum absolute atomic E-state index is 3.60. The van der Waals surface area contributed by atoms with Gasteiger partial charge in [0.2, 0.25) is 0 Å². The highest BCUT2D eigenvalue weighted by Gasteiger charge is 2.22. The Bertz CT molecular complexity index is 417. The maximum Gasteiger partial charge on any atom is 0.0423 e. The molecule has 1 atom stereocenters. The van der Waals surface area contributed by atoms with Crippen molar-refractivity contribution in [2.45, 2.75) is 38.9 Å². The van der Waals surface area contributed by atoms with E-state index in [0.29, 0.717) is 12.1 Å². The highest BCUT2D eigenvalue weighted by atomic mass is 79.9.